The summed E-state index contributed by atoms with van der Waals surface area (Å²) in [5, 5.41) is 6.93. The molecule has 1 saturated heterocycles. The molecular weight excluding hydrogens is 356 g/mol. The highest BCUT2D eigenvalue weighted by atomic mass is 15.1. The van der Waals surface area contributed by atoms with Gasteiger partial charge in [-0.25, -0.2) is 0 Å². The molecule has 0 bridgehead atoms. The molecule has 1 fully saturated rings. The van der Waals surface area contributed by atoms with Gasteiger partial charge >= 0.3 is 0 Å². The van der Waals surface area contributed by atoms with Gasteiger partial charge in [-0.15, -0.1) is 0 Å². The number of benzene rings is 1. The number of H-pyrrole nitrogens is 1. The first kappa shape index (κ1) is 20.7. The largest absolute Gasteiger partial charge is 0.299 e. The predicted octanol–water partition coefficient (Wildman–Crippen LogP) is 5.60. The molecular formula is C25H30N4. The van der Waals surface area contributed by atoms with Crippen molar-refractivity contribution in [1.29, 1.82) is 0 Å². The van der Waals surface area contributed by atoms with Crippen LogP contribution in [0.25, 0.3) is 17.7 Å². The maximum atomic E-state index is 4.05. The van der Waals surface area contributed by atoms with Crippen LogP contribution >= 0.6 is 0 Å². The van der Waals surface area contributed by atoms with Gasteiger partial charge in [0.25, 0.3) is 0 Å². The number of likely N-dealkylation sites (tertiary alicyclic amines) is 1. The average Bonchev–Trinajstić information content (AvgIpc) is 3.41. The minimum absolute atomic E-state index is 0.972. The van der Waals surface area contributed by atoms with E-state index in [0.717, 1.165) is 28.9 Å². The summed E-state index contributed by atoms with van der Waals surface area (Å²) in [4.78, 5) is 6.58. The molecule has 0 unspecified atom stereocenters. The highest BCUT2D eigenvalue weighted by Gasteiger charge is 2.10. The third-order valence-corrected chi connectivity index (χ3v) is 4.96. The fraction of sp³-hybridized carbons (Fsp3) is 0.280. The number of pyridine rings is 1. The molecule has 150 valence electrons. The van der Waals surface area contributed by atoms with Gasteiger partial charge in [0.1, 0.15) is 0 Å². The Bertz CT molecular complexity index is 917. The molecule has 29 heavy (non-hydrogen) atoms. The standard InChI is InChI=1S/C13H13N3.C12H17N/c1-10(2)13-12(9-15-16-13)6-5-11-4-3-7-14-8-11;1-11-4-6-12(7-5-11)10-13-8-2-3-9-13/h3-9H,1H2,2H3,(H,15,16);4-7H,2-3,8-10H2,1H3/b6-5+;. The molecule has 1 aliphatic rings. The smallest absolute Gasteiger partial charge is 0.0673 e. The zero-order valence-electron chi connectivity index (χ0n) is 17.4. The number of nitrogens with zero attached hydrogens (tertiary/aromatic N) is 3. The lowest BCUT2D eigenvalue weighted by Crippen LogP contribution is -2.18. The van der Waals surface area contributed by atoms with Crippen LogP contribution in [0.15, 0.2) is 61.6 Å². The summed E-state index contributed by atoms with van der Waals surface area (Å²) in [7, 11) is 0. The average molecular weight is 387 g/mol. The molecule has 4 nitrogen and oxygen atoms in total. The number of rotatable bonds is 5. The SMILES string of the molecule is C=C(C)c1[nH]ncc1/C=C/c1cccnc1.Cc1ccc(CN2CCCC2)cc1. The van der Waals surface area contributed by atoms with Crippen molar-refractivity contribution in [3.63, 3.8) is 0 Å². The van der Waals surface area contributed by atoms with Gasteiger partial charge in [-0.05, 0) is 62.5 Å². The molecule has 3 aromatic rings. The number of aromatic amines is 1. The van der Waals surface area contributed by atoms with Crippen molar-refractivity contribution in [3.05, 3.63) is 89.5 Å². The second-order valence-corrected chi connectivity index (χ2v) is 7.57. The van der Waals surface area contributed by atoms with E-state index in [1.54, 1.807) is 12.4 Å². The third kappa shape index (κ3) is 6.54. The van der Waals surface area contributed by atoms with Gasteiger partial charge in [-0.2, -0.15) is 5.10 Å². The molecule has 0 amide bonds. The van der Waals surface area contributed by atoms with Crippen LogP contribution in [-0.4, -0.2) is 33.2 Å². The van der Waals surface area contributed by atoms with E-state index in [-0.39, 0.29) is 0 Å². The van der Waals surface area contributed by atoms with E-state index in [9.17, 15) is 0 Å². The van der Waals surface area contributed by atoms with Crippen LogP contribution < -0.4 is 0 Å². The summed E-state index contributed by atoms with van der Waals surface area (Å²) in [6.07, 6.45) is 12.1. The lowest BCUT2D eigenvalue weighted by molar-refractivity contribution is 0.331. The van der Waals surface area contributed by atoms with Gasteiger partial charge in [0, 0.05) is 24.5 Å². The van der Waals surface area contributed by atoms with E-state index in [2.05, 4.69) is 57.8 Å². The van der Waals surface area contributed by atoms with Crippen LogP contribution in [-0.2, 0) is 6.54 Å². The van der Waals surface area contributed by atoms with Crippen molar-refractivity contribution in [2.24, 2.45) is 0 Å². The Morgan fingerprint density at radius 3 is 2.52 bits per heavy atom. The lowest BCUT2D eigenvalue weighted by Gasteiger charge is -2.14. The fourth-order valence-corrected chi connectivity index (χ4v) is 3.32. The number of hydrogen-bond donors (Lipinski definition) is 1. The van der Waals surface area contributed by atoms with Crippen LogP contribution in [0.1, 0.15) is 47.7 Å². The maximum absolute atomic E-state index is 4.05. The first-order valence-corrected chi connectivity index (χ1v) is 10.2. The normalized spacial score (nSPS) is 14.0. The number of nitrogens with one attached hydrogen (secondary N) is 1. The lowest BCUT2D eigenvalue weighted by atomic mass is 10.1. The molecule has 0 aliphatic carbocycles. The van der Waals surface area contributed by atoms with Crippen LogP contribution in [0, 0.1) is 6.92 Å². The molecule has 1 N–H and O–H groups in total. The zero-order valence-corrected chi connectivity index (χ0v) is 17.4. The van der Waals surface area contributed by atoms with E-state index < -0.39 is 0 Å². The molecule has 1 aliphatic heterocycles. The minimum atomic E-state index is 0.972. The van der Waals surface area contributed by atoms with Crippen LogP contribution in [0.3, 0.4) is 0 Å². The molecule has 4 rings (SSSR count). The zero-order chi connectivity index (χ0) is 20.5. The van der Waals surface area contributed by atoms with E-state index in [1.165, 1.54) is 37.1 Å². The molecule has 0 atom stereocenters. The van der Waals surface area contributed by atoms with Crippen LogP contribution in [0.5, 0.6) is 0 Å². The monoisotopic (exact) mass is 386 g/mol. The Morgan fingerprint density at radius 2 is 1.86 bits per heavy atom. The van der Waals surface area contributed by atoms with Crippen molar-refractivity contribution >= 4 is 17.7 Å². The Hall–Kier alpha value is -2.98. The van der Waals surface area contributed by atoms with Gasteiger partial charge in [-0.1, -0.05) is 54.6 Å². The van der Waals surface area contributed by atoms with Gasteiger partial charge < -0.3 is 0 Å². The first-order chi connectivity index (χ1) is 14.1. The Labute approximate surface area is 174 Å². The van der Waals surface area contributed by atoms with Crippen molar-refractivity contribution in [3.8, 4) is 0 Å². The van der Waals surface area contributed by atoms with E-state index in [1.807, 2.05) is 37.4 Å². The van der Waals surface area contributed by atoms with E-state index >= 15 is 0 Å². The number of hydrogen-bond acceptors (Lipinski definition) is 3. The quantitative estimate of drug-likeness (QED) is 0.621. The van der Waals surface area contributed by atoms with Gasteiger partial charge in [0.15, 0.2) is 0 Å². The summed E-state index contributed by atoms with van der Waals surface area (Å²) in [5.74, 6) is 0. The summed E-state index contributed by atoms with van der Waals surface area (Å²) in [5.41, 5.74) is 6.86. The molecule has 0 spiro atoms. The Kier molecular flexibility index (Phi) is 7.54. The molecule has 4 heteroatoms. The summed E-state index contributed by atoms with van der Waals surface area (Å²) in [6, 6.07) is 12.8. The third-order valence-electron chi connectivity index (χ3n) is 4.96. The highest BCUT2D eigenvalue weighted by molar-refractivity contribution is 5.76. The number of aryl methyl sites for hydroxylation is 1. The number of allylic oxidation sites excluding steroid dienone is 1. The Balaban J connectivity index is 0.000000169. The molecule has 3 heterocycles. The van der Waals surface area contributed by atoms with Gasteiger partial charge in [0.05, 0.1) is 11.9 Å². The van der Waals surface area contributed by atoms with Crippen molar-refractivity contribution < 1.29 is 0 Å². The molecule has 0 radical (unpaired) electrons. The number of aromatic nitrogens is 3. The van der Waals surface area contributed by atoms with Gasteiger partial charge in [-0.3, -0.25) is 15.0 Å². The second kappa shape index (κ2) is 10.5. The van der Waals surface area contributed by atoms with Crippen molar-refractivity contribution in [2.45, 2.75) is 33.2 Å². The molecule has 2 aromatic heterocycles. The van der Waals surface area contributed by atoms with E-state index in [0.29, 0.717) is 0 Å². The first-order valence-electron chi connectivity index (χ1n) is 10.2. The minimum Gasteiger partial charge on any atom is -0.299 e. The fourth-order valence-electron chi connectivity index (χ4n) is 3.32. The van der Waals surface area contributed by atoms with Crippen LogP contribution in [0.2, 0.25) is 0 Å². The topological polar surface area (TPSA) is 44.8 Å². The maximum Gasteiger partial charge on any atom is 0.0673 e. The highest BCUT2D eigenvalue weighted by Crippen LogP contribution is 2.16. The van der Waals surface area contributed by atoms with Crippen molar-refractivity contribution in [1.82, 2.24) is 20.1 Å². The van der Waals surface area contributed by atoms with E-state index in [4.69, 9.17) is 0 Å². The molecule has 0 saturated carbocycles. The predicted molar refractivity (Wildman–Crippen MR) is 122 cm³/mol. The van der Waals surface area contributed by atoms with Crippen molar-refractivity contribution in [2.75, 3.05) is 13.1 Å². The second-order valence-electron chi connectivity index (χ2n) is 7.57. The summed E-state index contributed by atoms with van der Waals surface area (Å²) >= 11 is 0. The molecule has 1 aromatic carbocycles. The Morgan fingerprint density at radius 1 is 1.10 bits per heavy atom. The summed E-state index contributed by atoms with van der Waals surface area (Å²) in [6.45, 7) is 11.7. The summed E-state index contributed by atoms with van der Waals surface area (Å²) < 4.78 is 0. The van der Waals surface area contributed by atoms with Crippen LogP contribution in [0.4, 0.5) is 0 Å². The van der Waals surface area contributed by atoms with Gasteiger partial charge in [0.2, 0.25) is 0 Å².